The maximum Gasteiger partial charge on any atom is 0.251 e. The van der Waals surface area contributed by atoms with Gasteiger partial charge in [-0.3, -0.25) is 4.79 Å². The second-order valence-corrected chi connectivity index (χ2v) is 7.58. The molecule has 0 unspecified atom stereocenters. The number of aryl methyl sites for hydroxylation is 1. The molecular weight excluding hydrogens is 403 g/mol. The van der Waals surface area contributed by atoms with Crippen LogP contribution in [-0.2, 0) is 0 Å². The lowest BCUT2D eigenvalue weighted by molar-refractivity contribution is 0.0940. The molecule has 6 heteroatoms. The molecule has 0 fully saturated rings. The molecular formula is C26H23FN4O. The molecule has 32 heavy (non-hydrogen) atoms. The number of carbonyl (C=O) groups is 1. The number of hydrogen-bond acceptors (Lipinski definition) is 4. The molecule has 0 spiro atoms. The van der Waals surface area contributed by atoms with Gasteiger partial charge in [-0.25, -0.2) is 14.4 Å². The summed E-state index contributed by atoms with van der Waals surface area (Å²) >= 11 is 0. The van der Waals surface area contributed by atoms with Gasteiger partial charge in [0.1, 0.15) is 11.6 Å². The fourth-order valence-corrected chi connectivity index (χ4v) is 3.24. The average Bonchev–Trinajstić information content (AvgIpc) is 2.80. The molecule has 3 aromatic carbocycles. The van der Waals surface area contributed by atoms with E-state index in [0.717, 1.165) is 16.8 Å². The summed E-state index contributed by atoms with van der Waals surface area (Å²) in [5, 5.41) is 6.23. The maximum atomic E-state index is 13.1. The Kier molecular flexibility index (Phi) is 6.22. The number of amides is 1. The Bertz CT molecular complexity index is 1210. The quantitative estimate of drug-likeness (QED) is 0.407. The Morgan fingerprint density at radius 3 is 2.28 bits per heavy atom. The van der Waals surface area contributed by atoms with Gasteiger partial charge >= 0.3 is 0 Å². The van der Waals surface area contributed by atoms with Crippen molar-refractivity contribution in [1.82, 2.24) is 15.3 Å². The Hall–Kier alpha value is -4.06. The lowest BCUT2D eigenvalue weighted by atomic mass is 10.1. The highest BCUT2D eigenvalue weighted by molar-refractivity contribution is 5.94. The van der Waals surface area contributed by atoms with Crippen molar-refractivity contribution < 1.29 is 9.18 Å². The highest BCUT2D eigenvalue weighted by Crippen LogP contribution is 2.20. The summed E-state index contributed by atoms with van der Waals surface area (Å²) in [6.45, 7) is 4.00. The number of carbonyl (C=O) groups excluding carboxylic acids is 1. The van der Waals surface area contributed by atoms with Crippen LogP contribution < -0.4 is 10.6 Å². The number of halogens is 1. The van der Waals surface area contributed by atoms with Gasteiger partial charge in [0.25, 0.3) is 5.91 Å². The molecule has 160 valence electrons. The molecule has 4 aromatic rings. The second kappa shape index (κ2) is 9.39. The van der Waals surface area contributed by atoms with E-state index >= 15 is 0 Å². The molecule has 1 atom stereocenters. The molecule has 4 rings (SSSR count). The van der Waals surface area contributed by atoms with Crippen LogP contribution in [0.3, 0.4) is 0 Å². The van der Waals surface area contributed by atoms with Crippen molar-refractivity contribution in [3.05, 3.63) is 108 Å². The number of hydrogen-bond donors (Lipinski definition) is 2. The number of nitrogens with zero attached hydrogens (tertiary/aromatic N) is 2. The molecule has 5 nitrogen and oxygen atoms in total. The lowest BCUT2D eigenvalue weighted by Gasteiger charge is -2.15. The summed E-state index contributed by atoms with van der Waals surface area (Å²) in [7, 11) is 0. The Balaban J connectivity index is 1.41. The normalized spacial score (nSPS) is 11.6. The van der Waals surface area contributed by atoms with E-state index in [-0.39, 0.29) is 17.8 Å². The number of benzene rings is 3. The van der Waals surface area contributed by atoms with E-state index in [0.29, 0.717) is 17.2 Å². The number of nitrogens with one attached hydrogen (secondary N) is 2. The smallest absolute Gasteiger partial charge is 0.251 e. The van der Waals surface area contributed by atoms with E-state index in [2.05, 4.69) is 20.6 Å². The Morgan fingerprint density at radius 1 is 0.906 bits per heavy atom. The highest BCUT2D eigenvalue weighted by Gasteiger charge is 2.11. The maximum absolute atomic E-state index is 13.1. The van der Waals surface area contributed by atoms with Crippen LogP contribution >= 0.6 is 0 Å². The number of aromatic nitrogens is 2. The first-order chi connectivity index (χ1) is 15.5. The third-order valence-corrected chi connectivity index (χ3v) is 5.10. The summed E-state index contributed by atoms with van der Waals surface area (Å²) in [4.78, 5) is 21.3. The SMILES string of the molecule is Cc1ccc([C@@H](C)NC(=O)c2ccc(Nc3ccnc(-c4ccc(F)cc4)n3)cc2)cc1. The summed E-state index contributed by atoms with van der Waals surface area (Å²) in [5.74, 6) is 0.659. The molecule has 1 heterocycles. The van der Waals surface area contributed by atoms with Gasteiger partial charge < -0.3 is 10.6 Å². The van der Waals surface area contributed by atoms with E-state index < -0.39 is 0 Å². The van der Waals surface area contributed by atoms with Crippen LogP contribution in [0.25, 0.3) is 11.4 Å². The van der Waals surface area contributed by atoms with E-state index in [9.17, 15) is 9.18 Å². The van der Waals surface area contributed by atoms with Crippen LogP contribution in [-0.4, -0.2) is 15.9 Å². The summed E-state index contributed by atoms with van der Waals surface area (Å²) in [6.07, 6.45) is 1.64. The molecule has 0 bridgehead atoms. The summed E-state index contributed by atoms with van der Waals surface area (Å²) in [5.41, 5.74) is 4.33. The minimum absolute atomic E-state index is 0.0909. The fourth-order valence-electron chi connectivity index (χ4n) is 3.24. The van der Waals surface area contributed by atoms with Crippen LogP contribution in [0.4, 0.5) is 15.9 Å². The van der Waals surface area contributed by atoms with Crippen molar-refractivity contribution in [3.63, 3.8) is 0 Å². The molecule has 0 radical (unpaired) electrons. The fraction of sp³-hybridized carbons (Fsp3) is 0.115. The van der Waals surface area contributed by atoms with Gasteiger partial charge in [0.2, 0.25) is 0 Å². The highest BCUT2D eigenvalue weighted by atomic mass is 19.1. The topological polar surface area (TPSA) is 66.9 Å². The van der Waals surface area contributed by atoms with Gasteiger partial charge in [-0.15, -0.1) is 0 Å². The molecule has 2 N–H and O–H groups in total. The van der Waals surface area contributed by atoms with Crippen LogP contribution in [0.5, 0.6) is 0 Å². The standard InChI is InChI=1S/C26H23FN4O/c1-17-3-5-19(6-4-17)18(2)29-26(32)21-9-13-23(14-10-21)30-24-15-16-28-25(31-24)20-7-11-22(27)12-8-20/h3-16,18H,1-2H3,(H,29,32)(H,28,30,31)/t18-/m1/s1. The van der Waals surface area contributed by atoms with Crippen LogP contribution in [0.2, 0.25) is 0 Å². The van der Waals surface area contributed by atoms with Crippen molar-refractivity contribution in [3.8, 4) is 11.4 Å². The third-order valence-electron chi connectivity index (χ3n) is 5.10. The van der Waals surface area contributed by atoms with E-state index in [1.807, 2.05) is 50.2 Å². The molecule has 1 amide bonds. The van der Waals surface area contributed by atoms with Gasteiger partial charge in [-0.05, 0) is 74.0 Å². The van der Waals surface area contributed by atoms with Gasteiger partial charge in [0.05, 0.1) is 6.04 Å². The second-order valence-electron chi connectivity index (χ2n) is 7.58. The van der Waals surface area contributed by atoms with Gasteiger partial charge in [0.15, 0.2) is 5.82 Å². The molecule has 0 saturated heterocycles. The first kappa shape index (κ1) is 21.2. The molecule has 0 saturated carbocycles. The molecule has 0 aliphatic rings. The monoisotopic (exact) mass is 426 g/mol. The van der Waals surface area contributed by atoms with Crippen molar-refractivity contribution >= 4 is 17.4 Å². The van der Waals surface area contributed by atoms with E-state index in [1.165, 1.54) is 17.7 Å². The molecule has 0 aliphatic carbocycles. The van der Waals surface area contributed by atoms with Crippen LogP contribution in [0, 0.1) is 12.7 Å². The number of rotatable bonds is 6. The molecule has 1 aromatic heterocycles. The first-order valence-electron chi connectivity index (χ1n) is 10.3. The Morgan fingerprint density at radius 2 is 1.59 bits per heavy atom. The third kappa shape index (κ3) is 5.16. The summed E-state index contributed by atoms with van der Waals surface area (Å²) < 4.78 is 13.1. The van der Waals surface area contributed by atoms with Crippen molar-refractivity contribution in [2.45, 2.75) is 19.9 Å². The zero-order valence-electron chi connectivity index (χ0n) is 17.8. The minimum Gasteiger partial charge on any atom is -0.346 e. The molecule has 0 aliphatic heterocycles. The van der Waals surface area contributed by atoms with Gasteiger partial charge in [0, 0.05) is 23.0 Å². The van der Waals surface area contributed by atoms with Crippen molar-refractivity contribution in [1.29, 1.82) is 0 Å². The Labute approximate surface area is 186 Å². The van der Waals surface area contributed by atoms with Crippen molar-refractivity contribution in [2.75, 3.05) is 5.32 Å². The van der Waals surface area contributed by atoms with E-state index in [4.69, 9.17) is 0 Å². The first-order valence-corrected chi connectivity index (χ1v) is 10.3. The van der Waals surface area contributed by atoms with Crippen molar-refractivity contribution in [2.24, 2.45) is 0 Å². The summed E-state index contributed by atoms with van der Waals surface area (Å²) in [6, 6.07) is 23.0. The average molecular weight is 426 g/mol. The van der Waals surface area contributed by atoms with Crippen LogP contribution in [0.1, 0.15) is 34.5 Å². The largest absolute Gasteiger partial charge is 0.346 e. The predicted octanol–water partition coefficient (Wildman–Crippen LogP) is 5.83. The van der Waals surface area contributed by atoms with E-state index in [1.54, 1.807) is 36.5 Å². The van der Waals surface area contributed by atoms with Gasteiger partial charge in [-0.2, -0.15) is 0 Å². The zero-order chi connectivity index (χ0) is 22.5. The number of anilines is 2. The lowest BCUT2D eigenvalue weighted by Crippen LogP contribution is -2.26. The minimum atomic E-state index is -0.305. The van der Waals surface area contributed by atoms with Gasteiger partial charge in [-0.1, -0.05) is 29.8 Å². The predicted molar refractivity (Wildman–Crippen MR) is 124 cm³/mol. The van der Waals surface area contributed by atoms with Crippen LogP contribution in [0.15, 0.2) is 85.1 Å². The zero-order valence-corrected chi connectivity index (χ0v) is 17.8.